The van der Waals surface area contributed by atoms with E-state index < -0.39 is 0 Å². The maximum absolute atomic E-state index is 14.1. The Morgan fingerprint density at radius 3 is 2.71 bits per heavy atom. The van der Waals surface area contributed by atoms with Gasteiger partial charge in [-0.05, 0) is 43.7 Å². The van der Waals surface area contributed by atoms with Crippen molar-refractivity contribution < 1.29 is 9.13 Å². The highest BCUT2D eigenvalue weighted by molar-refractivity contribution is 5.57. The van der Waals surface area contributed by atoms with Crippen molar-refractivity contribution in [2.45, 2.75) is 19.9 Å². The van der Waals surface area contributed by atoms with E-state index in [1.807, 2.05) is 19.9 Å². The van der Waals surface area contributed by atoms with Gasteiger partial charge in [-0.25, -0.2) is 4.39 Å². The summed E-state index contributed by atoms with van der Waals surface area (Å²) in [6, 6.07) is 12.0. The van der Waals surface area contributed by atoms with E-state index in [4.69, 9.17) is 10.00 Å². The van der Waals surface area contributed by atoms with Crippen LogP contribution in [0.5, 0.6) is 5.75 Å². The van der Waals surface area contributed by atoms with Crippen LogP contribution in [0.25, 0.3) is 0 Å². The van der Waals surface area contributed by atoms with Crippen LogP contribution in [0, 0.1) is 24.1 Å². The number of benzene rings is 2. The van der Waals surface area contributed by atoms with Crippen LogP contribution >= 0.6 is 0 Å². The van der Waals surface area contributed by atoms with Crippen LogP contribution in [-0.4, -0.2) is 7.11 Å². The van der Waals surface area contributed by atoms with Gasteiger partial charge in [0.15, 0.2) is 0 Å². The molecule has 2 aromatic rings. The molecule has 0 saturated carbocycles. The third-order valence-corrected chi connectivity index (χ3v) is 3.40. The molecule has 0 amide bonds. The molecule has 0 bridgehead atoms. The van der Waals surface area contributed by atoms with Crippen LogP contribution in [0.2, 0.25) is 0 Å². The van der Waals surface area contributed by atoms with E-state index in [1.165, 1.54) is 13.2 Å². The minimum Gasteiger partial charge on any atom is -0.496 e. The maximum Gasteiger partial charge on any atom is 0.132 e. The zero-order valence-electron chi connectivity index (χ0n) is 12.3. The normalized spacial score (nSPS) is 11.6. The lowest BCUT2D eigenvalue weighted by Gasteiger charge is -2.20. The standard InChI is InChI=1S/C17H17FN2O/c1-11-7-8-13(10-19)9-15(11)20-12(2)17-14(18)5-4-6-16(17)21-3/h4-9,12,20H,1-3H3. The summed E-state index contributed by atoms with van der Waals surface area (Å²) < 4.78 is 19.3. The molecule has 0 aliphatic rings. The van der Waals surface area contributed by atoms with E-state index in [0.29, 0.717) is 16.9 Å². The number of nitrogens with one attached hydrogen (secondary N) is 1. The van der Waals surface area contributed by atoms with Crippen molar-refractivity contribution in [1.82, 2.24) is 0 Å². The fourth-order valence-electron chi connectivity index (χ4n) is 2.27. The molecule has 0 radical (unpaired) electrons. The molecule has 4 heteroatoms. The van der Waals surface area contributed by atoms with Gasteiger partial charge in [-0.1, -0.05) is 12.1 Å². The average molecular weight is 284 g/mol. The number of halogens is 1. The van der Waals surface area contributed by atoms with Crippen molar-refractivity contribution >= 4 is 5.69 Å². The molecule has 1 N–H and O–H groups in total. The van der Waals surface area contributed by atoms with Gasteiger partial charge in [0.05, 0.1) is 30.3 Å². The highest BCUT2D eigenvalue weighted by atomic mass is 19.1. The zero-order valence-corrected chi connectivity index (χ0v) is 12.3. The molecule has 2 aromatic carbocycles. The van der Waals surface area contributed by atoms with Crippen LogP contribution in [-0.2, 0) is 0 Å². The lowest BCUT2D eigenvalue weighted by Crippen LogP contribution is -2.11. The molecule has 21 heavy (non-hydrogen) atoms. The number of rotatable bonds is 4. The number of anilines is 1. The van der Waals surface area contributed by atoms with Crippen molar-refractivity contribution in [3.05, 3.63) is 58.9 Å². The van der Waals surface area contributed by atoms with E-state index in [0.717, 1.165) is 11.3 Å². The number of nitriles is 1. The van der Waals surface area contributed by atoms with Crippen molar-refractivity contribution in [1.29, 1.82) is 5.26 Å². The van der Waals surface area contributed by atoms with Gasteiger partial charge in [-0.3, -0.25) is 0 Å². The highest BCUT2D eigenvalue weighted by Gasteiger charge is 2.17. The van der Waals surface area contributed by atoms with Crippen molar-refractivity contribution in [2.24, 2.45) is 0 Å². The fraction of sp³-hybridized carbons (Fsp3) is 0.235. The molecule has 2 rings (SSSR count). The molecule has 108 valence electrons. The Hall–Kier alpha value is -2.54. The van der Waals surface area contributed by atoms with Crippen molar-refractivity contribution in [3.63, 3.8) is 0 Å². The lowest BCUT2D eigenvalue weighted by atomic mass is 10.0. The molecule has 0 spiro atoms. The summed E-state index contributed by atoms with van der Waals surface area (Å²) in [7, 11) is 1.52. The van der Waals surface area contributed by atoms with Gasteiger partial charge in [0.2, 0.25) is 0 Å². The first-order valence-electron chi connectivity index (χ1n) is 6.66. The molecule has 1 atom stereocenters. The summed E-state index contributed by atoms with van der Waals surface area (Å²) in [6.45, 7) is 3.80. The van der Waals surface area contributed by atoms with Crippen LogP contribution < -0.4 is 10.1 Å². The molecule has 0 aliphatic carbocycles. The fourth-order valence-corrected chi connectivity index (χ4v) is 2.27. The number of ether oxygens (including phenoxy) is 1. The topological polar surface area (TPSA) is 45.0 Å². The average Bonchev–Trinajstić information content (AvgIpc) is 2.48. The molecule has 0 saturated heterocycles. The number of hydrogen-bond donors (Lipinski definition) is 1. The zero-order chi connectivity index (χ0) is 15.4. The lowest BCUT2D eigenvalue weighted by molar-refractivity contribution is 0.402. The van der Waals surface area contributed by atoms with E-state index in [9.17, 15) is 4.39 Å². The van der Waals surface area contributed by atoms with Gasteiger partial charge >= 0.3 is 0 Å². The molecule has 0 aromatic heterocycles. The Morgan fingerprint density at radius 1 is 1.29 bits per heavy atom. The number of methoxy groups -OCH3 is 1. The third kappa shape index (κ3) is 3.14. The van der Waals surface area contributed by atoms with Crippen LogP contribution in [0.3, 0.4) is 0 Å². The highest BCUT2D eigenvalue weighted by Crippen LogP contribution is 2.31. The van der Waals surface area contributed by atoms with Crippen LogP contribution in [0.15, 0.2) is 36.4 Å². The summed E-state index contributed by atoms with van der Waals surface area (Å²) in [4.78, 5) is 0. The first kappa shape index (κ1) is 14.9. The molecule has 3 nitrogen and oxygen atoms in total. The van der Waals surface area contributed by atoms with Gasteiger partial charge in [0.1, 0.15) is 11.6 Å². The summed E-state index contributed by atoms with van der Waals surface area (Å²) >= 11 is 0. The summed E-state index contributed by atoms with van der Waals surface area (Å²) in [5, 5.41) is 12.2. The Kier molecular flexibility index (Phi) is 4.44. The molecular weight excluding hydrogens is 267 g/mol. The summed E-state index contributed by atoms with van der Waals surface area (Å²) in [5.41, 5.74) is 2.85. The SMILES string of the molecule is COc1cccc(F)c1C(C)Nc1cc(C#N)ccc1C. The first-order chi connectivity index (χ1) is 10.1. The second kappa shape index (κ2) is 6.27. The smallest absolute Gasteiger partial charge is 0.132 e. The number of hydrogen-bond acceptors (Lipinski definition) is 3. The van der Waals surface area contributed by atoms with E-state index in [-0.39, 0.29) is 11.9 Å². The summed E-state index contributed by atoms with van der Waals surface area (Å²) in [5.74, 6) is 0.188. The van der Waals surface area contributed by atoms with E-state index >= 15 is 0 Å². The third-order valence-electron chi connectivity index (χ3n) is 3.40. The molecular formula is C17H17FN2O. The molecule has 1 unspecified atom stereocenters. The molecule has 0 heterocycles. The predicted octanol–water partition coefficient (Wildman–Crippen LogP) is 4.19. The van der Waals surface area contributed by atoms with Crippen LogP contribution in [0.4, 0.5) is 10.1 Å². The second-order valence-electron chi connectivity index (χ2n) is 4.86. The van der Waals surface area contributed by atoms with Crippen LogP contribution in [0.1, 0.15) is 29.7 Å². The van der Waals surface area contributed by atoms with E-state index in [1.54, 1.807) is 24.3 Å². The number of aryl methyl sites for hydroxylation is 1. The molecule has 0 fully saturated rings. The Balaban J connectivity index is 2.35. The Morgan fingerprint density at radius 2 is 2.05 bits per heavy atom. The second-order valence-corrected chi connectivity index (χ2v) is 4.86. The van der Waals surface area contributed by atoms with Crippen molar-refractivity contribution in [3.8, 4) is 11.8 Å². The maximum atomic E-state index is 14.1. The molecule has 0 aliphatic heterocycles. The number of nitrogens with zero attached hydrogens (tertiary/aromatic N) is 1. The summed E-state index contributed by atoms with van der Waals surface area (Å²) in [6.07, 6.45) is 0. The Labute approximate surface area is 124 Å². The minimum absolute atomic E-state index is 0.284. The van der Waals surface area contributed by atoms with E-state index in [2.05, 4.69) is 11.4 Å². The van der Waals surface area contributed by atoms with Gasteiger partial charge in [-0.2, -0.15) is 5.26 Å². The minimum atomic E-state index is -0.316. The largest absolute Gasteiger partial charge is 0.496 e. The van der Waals surface area contributed by atoms with Gasteiger partial charge in [0, 0.05) is 5.69 Å². The van der Waals surface area contributed by atoms with Gasteiger partial charge in [-0.15, -0.1) is 0 Å². The quantitative estimate of drug-likeness (QED) is 0.915. The first-order valence-corrected chi connectivity index (χ1v) is 6.66. The predicted molar refractivity (Wildman–Crippen MR) is 80.9 cm³/mol. The monoisotopic (exact) mass is 284 g/mol. The Bertz CT molecular complexity index is 692. The van der Waals surface area contributed by atoms with Gasteiger partial charge in [0.25, 0.3) is 0 Å². The van der Waals surface area contributed by atoms with Crippen molar-refractivity contribution in [2.75, 3.05) is 12.4 Å². The van der Waals surface area contributed by atoms with Gasteiger partial charge < -0.3 is 10.1 Å².